The van der Waals surface area contributed by atoms with E-state index in [1.807, 2.05) is 29.7 Å². The number of aryl methyl sites for hydroxylation is 2. The Morgan fingerprint density at radius 3 is 2.08 bits per heavy atom. The zero-order valence-electron chi connectivity index (χ0n) is 22.6. The minimum Gasteiger partial charge on any atom is -0.457 e. The van der Waals surface area contributed by atoms with Crippen molar-refractivity contribution in [1.82, 2.24) is 14.7 Å². The average Bonchev–Trinajstić information content (AvgIpc) is 2.94. The highest BCUT2D eigenvalue weighted by atomic mass is 19.4. The number of alkyl halides is 3. The van der Waals surface area contributed by atoms with Gasteiger partial charge in [-0.1, -0.05) is 23.8 Å². The molecule has 2 amide bonds. The van der Waals surface area contributed by atoms with Crippen molar-refractivity contribution >= 4 is 11.8 Å². The number of hydrogen-bond donors (Lipinski definition) is 0. The maximum absolute atomic E-state index is 13.3. The fraction of sp³-hybridized carbons (Fsp3) is 0.355. The molecule has 0 bridgehead atoms. The smallest absolute Gasteiger partial charge is 0.416 e. The van der Waals surface area contributed by atoms with Gasteiger partial charge in [0.25, 0.3) is 5.91 Å². The summed E-state index contributed by atoms with van der Waals surface area (Å²) in [4.78, 5) is 32.5. The van der Waals surface area contributed by atoms with Crippen LogP contribution in [0.1, 0.15) is 32.6 Å². The van der Waals surface area contributed by atoms with Gasteiger partial charge in [0.1, 0.15) is 11.5 Å². The number of hydrogen-bond acceptors (Lipinski definition) is 4. The molecule has 3 aromatic rings. The van der Waals surface area contributed by atoms with Gasteiger partial charge < -0.3 is 14.5 Å². The zero-order chi connectivity index (χ0) is 28.4. The van der Waals surface area contributed by atoms with Gasteiger partial charge in [-0.15, -0.1) is 0 Å². The predicted molar refractivity (Wildman–Crippen MR) is 145 cm³/mol. The first-order valence-corrected chi connectivity index (χ1v) is 13.4. The first-order valence-electron chi connectivity index (χ1n) is 13.4. The Labute approximate surface area is 231 Å². The van der Waals surface area contributed by atoms with Crippen LogP contribution in [0.2, 0.25) is 0 Å². The van der Waals surface area contributed by atoms with Crippen LogP contribution >= 0.6 is 0 Å². The number of ether oxygens (including phenoxy) is 1. The highest BCUT2D eigenvalue weighted by Crippen LogP contribution is 2.31. The molecule has 1 unspecified atom stereocenters. The summed E-state index contributed by atoms with van der Waals surface area (Å²) in [5.74, 6) is 0.712. The molecule has 0 radical (unpaired) electrons. The number of halogens is 3. The lowest BCUT2D eigenvalue weighted by Gasteiger charge is -2.47. The predicted octanol–water partition coefficient (Wildman–Crippen LogP) is 5.33. The lowest BCUT2D eigenvalue weighted by atomic mass is 10.0. The summed E-state index contributed by atoms with van der Waals surface area (Å²) < 4.78 is 44.0. The summed E-state index contributed by atoms with van der Waals surface area (Å²) in [7, 11) is 0. The van der Waals surface area contributed by atoms with Gasteiger partial charge in [-0.3, -0.25) is 14.5 Å². The average molecular weight is 552 g/mol. The molecule has 2 saturated heterocycles. The third-order valence-corrected chi connectivity index (χ3v) is 7.70. The molecule has 40 heavy (non-hydrogen) atoms. The molecule has 5 rings (SSSR count). The molecule has 0 aromatic heterocycles. The van der Waals surface area contributed by atoms with Gasteiger partial charge >= 0.3 is 6.18 Å². The van der Waals surface area contributed by atoms with E-state index in [1.54, 1.807) is 24.3 Å². The van der Waals surface area contributed by atoms with Crippen LogP contribution in [-0.4, -0.2) is 71.8 Å². The number of benzene rings is 3. The summed E-state index contributed by atoms with van der Waals surface area (Å²) in [5.41, 5.74) is 3.07. The zero-order valence-corrected chi connectivity index (χ0v) is 22.6. The summed E-state index contributed by atoms with van der Waals surface area (Å²) in [5, 5.41) is 0. The van der Waals surface area contributed by atoms with Crippen molar-refractivity contribution in [2.75, 3.05) is 39.3 Å². The number of fused-ring (bicyclic) bond motifs is 1. The van der Waals surface area contributed by atoms with Gasteiger partial charge in [0, 0.05) is 50.9 Å². The summed E-state index contributed by atoms with van der Waals surface area (Å²) in [6.45, 7) is 8.02. The lowest BCUT2D eigenvalue weighted by molar-refractivity contribution is -0.137. The van der Waals surface area contributed by atoms with Crippen LogP contribution < -0.4 is 4.74 Å². The largest absolute Gasteiger partial charge is 0.457 e. The SMILES string of the molecule is Cc1ccc(C)c(CC(=O)N2CCN3CCN(C(=O)c4ccc(Oc5ccc(C(F)(F)F)cc5)cc4)CC3C2)c1. The third kappa shape index (κ3) is 6.31. The van der Waals surface area contributed by atoms with E-state index in [0.717, 1.165) is 41.9 Å². The van der Waals surface area contributed by atoms with Gasteiger partial charge in [-0.2, -0.15) is 13.2 Å². The van der Waals surface area contributed by atoms with Gasteiger partial charge in [-0.05, 0) is 73.5 Å². The van der Waals surface area contributed by atoms with Crippen molar-refractivity contribution in [3.63, 3.8) is 0 Å². The van der Waals surface area contributed by atoms with Crippen LogP contribution in [0, 0.1) is 13.8 Å². The van der Waals surface area contributed by atoms with Crippen molar-refractivity contribution in [3.05, 3.63) is 94.5 Å². The van der Waals surface area contributed by atoms with E-state index in [1.165, 1.54) is 12.1 Å². The van der Waals surface area contributed by atoms with Crippen LogP contribution in [0.25, 0.3) is 0 Å². The normalized spacial score (nSPS) is 17.9. The number of carbonyl (C=O) groups is 2. The molecule has 2 aliphatic heterocycles. The van der Waals surface area contributed by atoms with E-state index >= 15 is 0 Å². The quantitative estimate of drug-likeness (QED) is 0.431. The second-order valence-electron chi connectivity index (χ2n) is 10.5. The van der Waals surface area contributed by atoms with Crippen LogP contribution in [0.15, 0.2) is 66.7 Å². The number of rotatable bonds is 5. The second-order valence-corrected chi connectivity index (χ2v) is 10.5. The van der Waals surface area contributed by atoms with Crippen molar-refractivity contribution in [2.45, 2.75) is 32.5 Å². The minimum atomic E-state index is -4.40. The Morgan fingerprint density at radius 2 is 1.43 bits per heavy atom. The first-order chi connectivity index (χ1) is 19.1. The number of carbonyl (C=O) groups excluding carboxylic acids is 2. The van der Waals surface area contributed by atoms with Gasteiger partial charge in [0.2, 0.25) is 5.91 Å². The molecule has 0 spiro atoms. The second kappa shape index (κ2) is 11.3. The van der Waals surface area contributed by atoms with Crippen LogP contribution in [0.3, 0.4) is 0 Å². The van der Waals surface area contributed by atoms with E-state index in [2.05, 4.69) is 17.0 Å². The number of piperazine rings is 2. The van der Waals surface area contributed by atoms with E-state index in [0.29, 0.717) is 43.9 Å². The molecular formula is C31H32F3N3O3. The van der Waals surface area contributed by atoms with E-state index in [-0.39, 0.29) is 23.6 Å². The Hall–Kier alpha value is -3.85. The summed E-state index contributed by atoms with van der Waals surface area (Å²) in [6, 6.07) is 17.3. The molecule has 2 fully saturated rings. The number of nitrogens with zero attached hydrogens (tertiary/aromatic N) is 3. The third-order valence-electron chi connectivity index (χ3n) is 7.70. The highest BCUT2D eigenvalue weighted by Gasteiger charge is 2.35. The molecule has 0 N–H and O–H groups in total. The van der Waals surface area contributed by atoms with Crippen LogP contribution in [-0.2, 0) is 17.4 Å². The Kier molecular flexibility index (Phi) is 7.85. The molecule has 6 nitrogen and oxygen atoms in total. The first kappa shape index (κ1) is 27.7. The van der Waals surface area contributed by atoms with Gasteiger partial charge in [0.05, 0.1) is 12.0 Å². The van der Waals surface area contributed by atoms with Crippen molar-refractivity contribution in [2.24, 2.45) is 0 Å². The molecule has 0 aliphatic carbocycles. The monoisotopic (exact) mass is 551 g/mol. The van der Waals surface area contributed by atoms with E-state index in [9.17, 15) is 22.8 Å². The molecule has 2 aliphatic rings. The molecule has 2 heterocycles. The van der Waals surface area contributed by atoms with Crippen molar-refractivity contribution < 1.29 is 27.5 Å². The molecule has 210 valence electrons. The Morgan fingerprint density at radius 1 is 0.825 bits per heavy atom. The molecule has 9 heteroatoms. The summed E-state index contributed by atoms with van der Waals surface area (Å²) >= 11 is 0. The van der Waals surface area contributed by atoms with Gasteiger partial charge in [-0.25, -0.2) is 0 Å². The highest BCUT2D eigenvalue weighted by molar-refractivity contribution is 5.94. The topological polar surface area (TPSA) is 53.1 Å². The Bertz CT molecular complexity index is 1370. The van der Waals surface area contributed by atoms with Crippen molar-refractivity contribution in [1.29, 1.82) is 0 Å². The molecular weight excluding hydrogens is 519 g/mol. The number of amides is 2. The molecule has 1 atom stereocenters. The maximum Gasteiger partial charge on any atom is 0.416 e. The Balaban J connectivity index is 1.18. The lowest BCUT2D eigenvalue weighted by Crippen LogP contribution is -2.63. The minimum absolute atomic E-state index is 0.0799. The fourth-order valence-corrected chi connectivity index (χ4v) is 5.33. The van der Waals surface area contributed by atoms with Gasteiger partial charge in [0.15, 0.2) is 0 Å². The van der Waals surface area contributed by atoms with E-state index in [4.69, 9.17) is 4.74 Å². The van der Waals surface area contributed by atoms with E-state index < -0.39 is 11.7 Å². The van der Waals surface area contributed by atoms with Crippen LogP contribution in [0.4, 0.5) is 13.2 Å². The van der Waals surface area contributed by atoms with Crippen molar-refractivity contribution in [3.8, 4) is 11.5 Å². The molecule has 3 aromatic carbocycles. The standard InChI is InChI=1S/C31H32F3N3O3/c1-21-3-4-22(2)24(17-21)18-29(38)36-15-13-35-14-16-37(20-26(35)19-36)30(39)23-5-9-27(10-6-23)40-28-11-7-25(8-12-28)31(32,33)34/h3-12,17,26H,13-16,18-20H2,1-2H3. The summed E-state index contributed by atoms with van der Waals surface area (Å²) in [6.07, 6.45) is -4.03. The fourth-order valence-electron chi connectivity index (χ4n) is 5.33. The maximum atomic E-state index is 13.3. The molecule has 0 saturated carbocycles. The van der Waals surface area contributed by atoms with Crippen LogP contribution in [0.5, 0.6) is 11.5 Å².